The lowest BCUT2D eigenvalue weighted by molar-refractivity contribution is 0.456. The van der Waals surface area contributed by atoms with E-state index >= 15 is 0 Å². The van der Waals surface area contributed by atoms with Gasteiger partial charge in [0.1, 0.15) is 17.4 Å². The van der Waals surface area contributed by atoms with Crippen LogP contribution in [0, 0.1) is 0 Å². The molecule has 3 N–H and O–H groups in total. The smallest absolute Gasteiger partial charge is 0.224 e. The van der Waals surface area contributed by atoms with E-state index in [4.69, 9.17) is 10.6 Å². The summed E-state index contributed by atoms with van der Waals surface area (Å²) >= 11 is 3.42. The number of hydrazine groups is 1. The van der Waals surface area contributed by atoms with E-state index in [1.165, 1.54) is 0 Å². The molecule has 0 unspecified atom stereocenters. The van der Waals surface area contributed by atoms with Crippen LogP contribution in [0.2, 0.25) is 0 Å². The fourth-order valence-electron chi connectivity index (χ4n) is 1.40. The number of anilines is 1. The zero-order valence-corrected chi connectivity index (χ0v) is 11.4. The first-order valence-corrected chi connectivity index (χ1v) is 6.29. The lowest BCUT2D eigenvalue weighted by atomic mass is 10.3. The van der Waals surface area contributed by atoms with Crippen LogP contribution in [0.1, 0.15) is 12.7 Å². The minimum atomic E-state index is 0.460. The fraction of sp³-hybridized carbons (Fsp3) is 0.167. The molecule has 0 aliphatic rings. The minimum absolute atomic E-state index is 0.460. The van der Waals surface area contributed by atoms with Crippen LogP contribution in [0.3, 0.4) is 0 Å². The van der Waals surface area contributed by atoms with Gasteiger partial charge < -0.3 is 10.2 Å². The van der Waals surface area contributed by atoms with Crippen molar-refractivity contribution >= 4 is 21.7 Å². The highest BCUT2D eigenvalue weighted by molar-refractivity contribution is 9.10. The van der Waals surface area contributed by atoms with E-state index in [2.05, 4.69) is 31.3 Å². The van der Waals surface area contributed by atoms with Crippen LogP contribution in [0.25, 0.3) is 0 Å². The molecular formula is C12H13BrN4O. The summed E-state index contributed by atoms with van der Waals surface area (Å²) in [5.41, 5.74) is 2.50. The van der Waals surface area contributed by atoms with E-state index in [0.717, 1.165) is 4.47 Å². The van der Waals surface area contributed by atoms with E-state index in [9.17, 15) is 0 Å². The van der Waals surface area contributed by atoms with Crippen LogP contribution < -0.4 is 16.0 Å². The third-order valence-electron chi connectivity index (χ3n) is 2.26. The highest BCUT2D eigenvalue weighted by Gasteiger charge is 2.06. The topological polar surface area (TPSA) is 73.1 Å². The van der Waals surface area contributed by atoms with Gasteiger partial charge in [-0.2, -0.15) is 4.98 Å². The Hall–Kier alpha value is -1.66. The number of benzene rings is 1. The lowest BCUT2D eigenvalue weighted by Gasteiger charge is -2.09. The Bertz CT molecular complexity index is 525. The van der Waals surface area contributed by atoms with Crippen molar-refractivity contribution in [1.82, 2.24) is 9.97 Å². The van der Waals surface area contributed by atoms with Crippen LogP contribution in [-0.2, 0) is 6.42 Å². The molecule has 94 valence electrons. The molecule has 2 rings (SSSR count). The molecule has 0 spiro atoms. The van der Waals surface area contributed by atoms with Crippen LogP contribution in [0.4, 0.5) is 5.82 Å². The van der Waals surface area contributed by atoms with Gasteiger partial charge in [-0.05, 0) is 28.1 Å². The molecule has 0 saturated carbocycles. The van der Waals surface area contributed by atoms with Crippen LogP contribution >= 0.6 is 15.9 Å². The second-order valence-corrected chi connectivity index (χ2v) is 4.39. The van der Waals surface area contributed by atoms with Crippen molar-refractivity contribution in [1.29, 1.82) is 0 Å². The quantitative estimate of drug-likeness (QED) is 0.671. The van der Waals surface area contributed by atoms with E-state index in [0.29, 0.717) is 29.7 Å². The summed E-state index contributed by atoms with van der Waals surface area (Å²) in [6, 6.07) is 9.22. The number of aromatic nitrogens is 2. The normalized spacial score (nSPS) is 10.2. The molecule has 1 heterocycles. The van der Waals surface area contributed by atoms with E-state index in [1.807, 2.05) is 31.2 Å². The Morgan fingerprint density at radius 3 is 2.78 bits per heavy atom. The summed E-state index contributed by atoms with van der Waals surface area (Å²) in [5, 5.41) is 0. The van der Waals surface area contributed by atoms with Gasteiger partial charge in [0.05, 0.1) is 4.47 Å². The zero-order valence-electron chi connectivity index (χ0n) is 9.85. The average Bonchev–Trinajstić information content (AvgIpc) is 2.41. The first kappa shape index (κ1) is 12.8. The Balaban J connectivity index is 2.31. The number of hydrogen-bond donors (Lipinski definition) is 2. The predicted molar refractivity (Wildman–Crippen MR) is 73.4 cm³/mol. The fourth-order valence-corrected chi connectivity index (χ4v) is 1.76. The minimum Gasteiger partial charge on any atom is -0.438 e. The molecular weight excluding hydrogens is 296 g/mol. The Labute approximate surface area is 113 Å². The number of hydrogen-bond acceptors (Lipinski definition) is 5. The van der Waals surface area contributed by atoms with Gasteiger partial charge in [-0.25, -0.2) is 10.8 Å². The van der Waals surface area contributed by atoms with Gasteiger partial charge in [0.2, 0.25) is 5.88 Å². The van der Waals surface area contributed by atoms with Gasteiger partial charge in [0.25, 0.3) is 0 Å². The molecule has 0 bridgehead atoms. The number of para-hydroxylation sites is 1. The third-order valence-corrected chi connectivity index (χ3v) is 2.92. The van der Waals surface area contributed by atoms with Crippen molar-refractivity contribution in [3.63, 3.8) is 0 Å². The summed E-state index contributed by atoms with van der Waals surface area (Å²) in [4.78, 5) is 8.48. The SMILES string of the molecule is CCc1nc(NN)cc(Oc2ccccc2Br)n1. The molecule has 0 radical (unpaired) electrons. The van der Waals surface area contributed by atoms with Crippen molar-refractivity contribution in [3.8, 4) is 11.6 Å². The Morgan fingerprint density at radius 1 is 1.33 bits per heavy atom. The molecule has 1 aromatic heterocycles. The van der Waals surface area contributed by atoms with Gasteiger partial charge in [0.15, 0.2) is 0 Å². The number of nitrogen functional groups attached to an aromatic ring is 1. The van der Waals surface area contributed by atoms with Gasteiger partial charge >= 0.3 is 0 Å². The predicted octanol–water partition coefficient (Wildman–Crippen LogP) is 2.88. The summed E-state index contributed by atoms with van der Waals surface area (Å²) in [5.74, 6) is 7.72. The second-order valence-electron chi connectivity index (χ2n) is 3.54. The first-order valence-electron chi connectivity index (χ1n) is 5.50. The molecule has 18 heavy (non-hydrogen) atoms. The maximum Gasteiger partial charge on any atom is 0.224 e. The van der Waals surface area contributed by atoms with E-state index in [-0.39, 0.29) is 0 Å². The molecule has 6 heteroatoms. The number of ether oxygens (including phenoxy) is 1. The number of nitrogens with zero attached hydrogens (tertiary/aromatic N) is 2. The first-order chi connectivity index (χ1) is 8.72. The summed E-state index contributed by atoms with van der Waals surface area (Å²) < 4.78 is 6.57. The molecule has 5 nitrogen and oxygen atoms in total. The maximum absolute atomic E-state index is 5.70. The van der Waals surface area contributed by atoms with Gasteiger partial charge in [-0.3, -0.25) is 0 Å². The van der Waals surface area contributed by atoms with Crippen molar-refractivity contribution in [2.75, 3.05) is 5.43 Å². The van der Waals surface area contributed by atoms with E-state index < -0.39 is 0 Å². The second kappa shape index (κ2) is 5.79. The zero-order chi connectivity index (χ0) is 13.0. The van der Waals surface area contributed by atoms with Crippen molar-refractivity contribution in [2.24, 2.45) is 5.84 Å². The maximum atomic E-state index is 5.70. The van der Waals surface area contributed by atoms with Crippen LogP contribution in [0.5, 0.6) is 11.6 Å². The summed E-state index contributed by atoms with van der Waals surface area (Å²) in [6.45, 7) is 1.97. The van der Waals surface area contributed by atoms with Crippen molar-refractivity contribution in [2.45, 2.75) is 13.3 Å². The Kier molecular flexibility index (Phi) is 4.11. The van der Waals surface area contributed by atoms with Gasteiger partial charge in [-0.1, -0.05) is 19.1 Å². The molecule has 1 aromatic carbocycles. The molecule has 0 aliphatic heterocycles. The summed E-state index contributed by atoms with van der Waals surface area (Å²) in [7, 11) is 0. The molecule has 0 atom stereocenters. The Morgan fingerprint density at radius 2 is 2.11 bits per heavy atom. The average molecular weight is 309 g/mol. The standard InChI is InChI=1S/C12H13BrN4O/c1-2-10-15-11(17-14)7-12(16-10)18-9-6-4-3-5-8(9)13/h3-7H,2,14H2,1H3,(H,15,16,17). The number of halogens is 1. The van der Waals surface area contributed by atoms with E-state index in [1.54, 1.807) is 6.07 Å². The molecule has 0 fully saturated rings. The lowest BCUT2D eigenvalue weighted by Crippen LogP contribution is -2.10. The summed E-state index contributed by atoms with van der Waals surface area (Å²) in [6.07, 6.45) is 0.710. The van der Waals surface area contributed by atoms with Crippen LogP contribution in [-0.4, -0.2) is 9.97 Å². The largest absolute Gasteiger partial charge is 0.438 e. The molecule has 2 aromatic rings. The molecule has 0 amide bonds. The highest BCUT2D eigenvalue weighted by Crippen LogP contribution is 2.28. The van der Waals surface area contributed by atoms with Crippen LogP contribution in [0.15, 0.2) is 34.8 Å². The van der Waals surface area contributed by atoms with Gasteiger partial charge in [-0.15, -0.1) is 0 Å². The number of rotatable bonds is 4. The van der Waals surface area contributed by atoms with Crippen molar-refractivity contribution in [3.05, 3.63) is 40.6 Å². The molecule has 0 aliphatic carbocycles. The molecule has 0 saturated heterocycles. The number of aryl methyl sites for hydroxylation is 1. The third kappa shape index (κ3) is 2.96. The number of nitrogens with two attached hydrogens (primary N) is 1. The van der Waals surface area contributed by atoms with Gasteiger partial charge in [0, 0.05) is 12.5 Å². The monoisotopic (exact) mass is 308 g/mol. The van der Waals surface area contributed by atoms with Crippen molar-refractivity contribution < 1.29 is 4.74 Å². The highest BCUT2D eigenvalue weighted by atomic mass is 79.9. The number of nitrogens with one attached hydrogen (secondary N) is 1.